The smallest absolute Gasteiger partial charge is 0.124 e. The lowest BCUT2D eigenvalue weighted by Crippen LogP contribution is -2.10. The van der Waals surface area contributed by atoms with E-state index in [1.807, 2.05) is 19.1 Å². The van der Waals surface area contributed by atoms with Crippen molar-refractivity contribution in [2.75, 3.05) is 7.05 Å². The van der Waals surface area contributed by atoms with Gasteiger partial charge in [-0.2, -0.15) is 0 Å². The summed E-state index contributed by atoms with van der Waals surface area (Å²) in [7, 11) is 0.500. The first-order chi connectivity index (χ1) is 5.63. The van der Waals surface area contributed by atoms with E-state index in [9.17, 15) is 4.21 Å². The Hall–Kier alpha value is -0.380. The lowest BCUT2D eigenvalue weighted by molar-refractivity contribution is 0.678. The number of hydrogen-bond donors (Lipinski definition) is 1. The van der Waals surface area contributed by atoms with Crippen LogP contribution in [0.4, 0.5) is 0 Å². The van der Waals surface area contributed by atoms with Gasteiger partial charge in [-0.25, -0.2) is 8.93 Å². The number of benzene rings is 1. The predicted molar refractivity (Wildman–Crippen MR) is 51.7 cm³/mol. The Morgan fingerprint density at radius 3 is 2.58 bits per heavy atom. The molecule has 0 aromatic heterocycles. The molecule has 1 atom stereocenters. The van der Waals surface area contributed by atoms with Crippen LogP contribution in [0, 0.1) is 6.92 Å². The van der Waals surface area contributed by atoms with Gasteiger partial charge in [0.2, 0.25) is 0 Å². The molecule has 1 rings (SSSR count). The standard InChI is InChI=1S/C8H10ClNOS/c1-6-3-7(9)5-8(4-6)12(11)10-2/h3-5,10H,1-2H3. The van der Waals surface area contributed by atoms with Crippen molar-refractivity contribution in [3.05, 3.63) is 28.8 Å². The van der Waals surface area contributed by atoms with Crippen LogP contribution in [0.2, 0.25) is 5.02 Å². The van der Waals surface area contributed by atoms with E-state index in [1.54, 1.807) is 13.1 Å². The third-order valence-electron chi connectivity index (χ3n) is 1.42. The maximum Gasteiger partial charge on any atom is 0.124 e. The molecular weight excluding hydrogens is 194 g/mol. The second-order valence-corrected chi connectivity index (χ2v) is 4.29. The Morgan fingerprint density at radius 1 is 1.42 bits per heavy atom. The molecule has 0 bridgehead atoms. The summed E-state index contributed by atoms with van der Waals surface area (Å²) in [4.78, 5) is 0.711. The highest BCUT2D eigenvalue weighted by atomic mass is 35.5. The minimum atomic E-state index is -1.15. The Balaban J connectivity index is 3.08. The van der Waals surface area contributed by atoms with Crippen LogP contribution >= 0.6 is 11.6 Å². The molecule has 0 aliphatic heterocycles. The summed E-state index contributed by atoms with van der Waals surface area (Å²) in [6, 6.07) is 5.37. The first kappa shape index (κ1) is 9.71. The van der Waals surface area contributed by atoms with Crippen molar-refractivity contribution >= 4 is 22.6 Å². The topological polar surface area (TPSA) is 29.1 Å². The van der Waals surface area contributed by atoms with E-state index >= 15 is 0 Å². The fourth-order valence-electron chi connectivity index (χ4n) is 0.928. The largest absolute Gasteiger partial charge is 0.238 e. The van der Waals surface area contributed by atoms with Crippen LogP contribution in [-0.2, 0) is 11.0 Å². The molecule has 0 heterocycles. The zero-order chi connectivity index (χ0) is 9.14. The minimum absolute atomic E-state index is 0.619. The van der Waals surface area contributed by atoms with Gasteiger partial charge in [0.15, 0.2) is 0 Å². The summed E-state index contributed by atoms with van der Waals surface area (Å²) in [5.41, 5.74) is 1.01. The molecule has 0 radical (unpaired) electrons. The third-order valence-corrected chi connectivity index (χ3v) is 2.67. The maximum atomic E-state index is 11.3. The first-order valence-corrected chi connectivity index (χ1v) is 5.02. The molecule has 0 spiro atoms. The predicted octanol–water partition coefficient (Wildman–Crippen LogP) is 1.89. The highest BCUT2D eigenvalue weighted by Crippen LogP contribution is 2.16. The number of rotatable bonds is 2. The molecule has 12 heavy (non-hydrogen) atoms. The van der Waals surface area contributed by atoms with Crippen LogP contribution in [0.25, 0.3) is 0 Å². The van der Waals surface area contributed by atoms with Gasteiger partial charge in [0, 0.05) is 5.02 Å². The zero-order valence-electron chi connectivity index (χ0n) is 6.93. The van der Waals surface area contributed by atoms with Crippen LogP contribution in [0.5, 0.6) is 0 Å². The van der Waals surface area contributed by atoms with Crippen LogP contribution in [0.15, 0.2) is 23.1 Å². The monoisotopic (exact) mass is 203 g/mol. The second-order valence-electron chi connectivity index (χ2n) is 2.44. The van der Waals surface area contributed by atoms with Gasteiger partial charge < -0.3 is 0 Å². The normalized spacial score (nSPS) is 12.9. The number of halogens is 1. The van der Waals surface area contributed by atoms with Crippen LogP contribution in [0.3, 0.4) is 0 Å². The zero-order valence-corrected chi connectivity index (χ0v) is 8.50. The SMILES string of the molecule is CNS(=O)c1cc(C)cc(Cl)c1. The minimum Gasteiger partial charge on any atom is -0.238 e. The van der Waals surface area contributed by atoms with Gasteiger partial charge in [0.1, 0.15) is 11.0 Å². The molecule has 1 aromatic carbocycles. The van der Waals surface area contributed by atoms with Gasteiger partial charge in [-0.05, 0) is 37.7 Å². The summed E-state index contributed by atoms with van der Waals surface area (Å²) < 4.78 is 13.9. The molecule has 1 N–H and O–H groups in total. The lowest BCUT2D eigenvalue weighted by Gasteiger charge is -2.01. The molecule has 1 aromatic rings. The molecular formula is C8H10ClNOS. The van der Waals surface area contributed by atoms with Gasteiger partial charge in [-0.3, -0.25) is 0 Å². The molecule has 0 aliphatic rings. The molecule has 2 nitrogen and oxygen atoms in total. The number of nitrogens with one attached hydrogen (secondary N) is 1. The van der Waals surface area contributed by atoms with Gasteiger partial charge in [-0.15, -0.1) is 0 Å². The fraction of sp³-hybridized carbons (Fsp3) is 0.250. The average Bonchev–Trinajstić information content (AvgIpc) is 2.01. The molecule has 1 unspecified atom stereocenters. The van der Waals surface area contributed by atoms with E-state index in [0.29, 0.717) is 9.92 Å². The van der Waals surface area contributed by atoms with Crippen LogP contribution in [0.1, 0.15) is 5.56 Å². The molecule has 0 saturated carbocycles. The quantitative estimate of drug-likeness (QED) is 0.782. The van der Waals surface area contributed by atoms with E-state index < -0.39 is 11.0 Å². The lowest BCUT2D eigenvalue weighted by atomic mass is 10.2. The number of hydrogen-bond acceptors (Lipinski definition) is 1. The van der Waals surface area contributed by atoms with E-state index in [-0.39, 0.29) is 0 Å². The van der Waals surface area contributed by atoms with Crippen LogP contribution < -0.4 is 4.72 Å². The Labute approximate surface area is 79.5 Å². The van der Waals surface area contributed by atoms with Gasteiger partial charge in [0.25, 0.3) is 0 Å². The molecule has 0 amide bonds. The average molecular weight is 204 g/mol. The maximum absolute atomic E-state index is 11.3. The Kier molecular flexibility index (Phi) is 3.26. The molecule has 0 fully saturated rings. The summed E-state index contributed by atoms with van der Waals surface area (Å²) in [5, 5.41) is 0.619. The van der Waals surface area contributed by atoms with Crippen molar-refractivity contribution < 1.29 is 4.21 Å². The van der Waals surface area contributed by atoms with E-state index in [2.05, 4.69) is 4.72 Å². The highest BCUT2D eigenvalue weighted by Gasteiger charge is 2.02. The first-order valence-electron chi connectivity index (χ1n) is 3.50. The fourth-order valence-corrected chi connectivity index (χ4v) is 2.04. The molecule has 66 valence electrons. The van der Waals surface area contributed by atoms with Crippen molar-refractivity contribution in [1.29, 1.82) is 0 Å². The van der Waals surface area contributed by atoms with Gasteiger partial charge in [-0.1, -0.05) is 11.6 Å². The molecule has 4 heteroatoms. The van der Waals surface area contributed by atoms with Crippen LogP contribution in [-0.4, -0.2) is 11.3 Å². The van der Waals surface area contributed by atoms with E-state index in [4.69, 9.17) is 11.6 Å². The Morgan fingerprint density at radius 2 is 2.08 bits per heavy atom. The summed E-state index contributed by atoms with van der Waals surface area (Å²) >= 11 is 5.79. The van der Waals surface area contributed by atoms with Gasteiger partial charge in [0.05, 0.1) is 4.90 Å². The van der Waals surface area contributed by atoms with E-state index in [1.165, 1.54) is 0 Å². The second kappa shape index (κ2) is 4.03. The number of aryl methyl sites for hydroxylation is 1. The van der Waals surface area contributed by atoms with E-state index in [0.717, 1.165) is 5.56 Å². The molecule has 0 aliphatic carbocycles. The van der Waals surface area contributed by atoms with Crippen molar-refractivity contribution in [2.45, 2.75) is 11.8 Å². The van der Waals surface area contributed by atoms with Crippen molar-refractivity contribution in [3.63, 3.8) is 0 Å². The van der Waals surface area contributed by atoms with Crippen molar-refractivity contribution in [3.8, 4) is 0 Å². The molecule has 0 saturated heterocycles. The highest BCUT2D eigenvalue weighted by molar-refractivity contribution is 7.83. The van der Waals surface area contributed by atoms with Crippen molar-refractivity contribution in [2.24, 2.45) is 0 Å². The third kappa shape index (κ3) is 2.30. The summed E-state index contributed by atoms with van der Waals surface area (Å²) in [6.07, 6.45) is 0. The Bertz CT molecular complexity index is 294. The van der Waals surface area contributed by atoms with Crippen molar-refractivity contribution in [1.82, 2.24) is 4.72 Å². The summed E-state index contributed by atoms with van der Waals surface area (Å²) in [5.74, 6) is 0. The summed E-state index contributed by atoms with van der Waals surface area (Å²) in [6.45, 7) is 1.92. The van der Waals surface area contributed by atoms with Gasteiger partial charge >= 0.3 is 0 Å².